The Labute approximate surface area is 173 Å². The van der Waals surface area contributed by atoms with E-state index in [2.05, 4.69) is 15.5 Å². The molecular weight excluding hydrogens is 384 g/mol. The van der Waals surface area contributed by atoms with Gasteiger partial charge in [0.25, 0.3) is 11.5 Å². The smallest absolute Gasteiger partial charge is 0.263 e. The molecule has 2 N–H and O–H groups in total. The SMILES string of the molecule is CNC(=O)c1cc(C(=O)CCCc2cn[nH]c2)cn(Cc2cccc(OC)c2)c1=O. The number of carbonyl (C=O) groups excluding carboxylic acids is 2. The number of Topliss-reactive ketones (excluding diaryl/α,β-unsaturated/α-hetero) is 1. The van der Waals surface area contributed by atoms with Gasteiger partial charge >= 0.3 is 0 Å². The third-order valence-electron chi connectivity index (χ3n) is 4.79. The number of aromatic nitrogens is 3. The molecule has 0 aliphatic heterocycles. The molecule has 1 amide bonds. The minimum atomic E-state index is -0.521. The Kier molecular flexibility index (Phi) is 6.79. The summed E-state index contributed by atoms with van der Waals surface area (Å²) in [6, 6.07) is 8.68. The number of nitrogens with one attached hydrogen (secondary N) is 2. The van der Waals surface area contributed by atoms with Crippen molar-refractivity contribution < 1.29 is 14.3 Å². The van der Waals surface area contributed by atoms with Crippen molar-refractivity contribution in [2.45, 2.75) is 25.8 Å². The summed E-state index contributed by atoms with van der Waals surface area (Å²) in [4.78, 5) is 37.8. The van der Waals surface area contributed by atoms with Crippen molar-refractivity contribution in [3.8, 4) is 5.75 Å². The average Bonchev–Trinajstić information content (AvgIpc) is 3.28. The van der Waals surface area contributed by atoms with E-state index in [0.29, 0.717) is 30.6 Å². The van der Waals surface area contributed by atoms with Gasteiger partial charge in [0.1, 0.15) is 11.3 Å². The van der Waals surface area contributed by atoms with Crippen LogP contribution in [0.5, 0.6) is 5.75 Å². The Morgan fingerprint density at radius 3 is 2.77 bits per heavy atom. The molecule has 0 aliphatic rings. The number of amides is 1. The second-order valence-corrected chi connectivity index (χ2v) is 6.89. The number of aromatic amines is 1. The van der Waals surface area contributed by atoms with Crippen LogP contribution in [0, 0.1) is 0 Å². The monoisotopic (exact) mass is 408 g/mol. The molecule has 0 saturated carbocycles. The van der Waals surface area contributed by atoms with E-state index in [1.54, 1.807) is 19.5 Å². The highest BCUT2D eigenvalue weighted by atomic mass is 16.5. The molecule has 0 spiro atoms. The van der Waals surface area contributed by atoms with Gasteiger partial charge < -0.3 is 14.6 Å². The first kappa shape index (κ1) is 21.0. The predicted molar refractivity (Wildman–Crippen MR) is 112 cm³/mol. The van der Waals surface area contributed by atoms with Crippen molar-refractivity contribution in [2.75, 3.05) is 14.2 Å². The lowest BCUT2D eigenvalue weighted by Gasteiger charge is -2.12. The summed E-state index contributed by atoms with van der Waals surface area (Å²) in [6.45, 7) is 0.218. The highest BCUT2D eigenvalue weighted by molar-refractivity contribution is 6.00. The maximum atomic E-state index is 12.8. The van der Waals surface area contributed by atoms with E-state index < -0.39 is 11.5 Å². The molecule has 0 fully saturated rings. The lowest BCUT2D eigenvalue weighted by atomic mass is 10.0. The molecule has 2 heterocycles. The van der Waals surface area contributed by atoms with Crippen LogP contribution in [0.15, 0.2) is 53.7 Å². The van der Waals surface area contributed by atoms with Gasteiger partial charge in [-0.3, -0.25) is 19.5 Å². The Morgan fingerprint density at radius 2 is 2.07 bits per heavy atom. The number of aryl methyl sites for hydroxylation is 1. The number of hydrogen-bond donors (Lipinski definition) is 2. The third kappa shape index (κ3) is 5.02. The summed E-state index contributed by atoms with van der Waals surface area (Å²) in [5.41, 5.74) is 1.68. The molecule has 3 rings (SSSR count). The molecule has 3 aromatic rings. The molecule has 8 nitrogen and oxygen atoms in total. The third-order valence-corrected chi connectivity index (χ3v) is 4.79. The standard InChI is InChI=1S/C22H24N4O4/c1-23-21(28)19-10-17(20(27)8-4-6-16-11-24-25-12-16)14-26(22(19)29)13-15-5-3-7-18(9-15)30-2/h3,5,7,9-12,14H,4,6,8,13H2,1-2H3,(H,23,28)(H,24,25). The van der Waals surface area contributed by atoms with Gasteiger partial charge in [0, 0.05) is 31.4 Å². The van der Waals surface area contributed by atoms with Crippen LogP contribution in [0.25, 0.3) is 0 Å². The van der Waals surface area contributed by atoms with Crippen molar-refractivity contribution in [3.05, 3.63) is 81.5 Å². The number of pyridine rings is 1. The number of ketones is 1. The Morgan fingerprint density at radius 1 is 1.23 bits per heavy atom. The van der Waals surface area contributed by atoms with Crippen LogP contribution in [-0.2, 0) is 13.0 Å². The Hall–Kier alpha value is -3.68. The van der Waals surface area contributed by atoms with Crippen LogP contribution in [0.4, 0.5) is 0 Å². The minimum absolute atomic E-state index is 0.0546. The predicted octanol–water partition coefficient (Wildman–Crippen LogP) is 2.19. The summed E-state index contributed by atoms with van der Waals surface area (Å²) in [5, 5.41) is 9.10. The largest absolute Gasteiger partial charge is 0.497 e. The lowest BCUT2D eigenvalue weighted by Crippen LogP contribution is -2.32. The second-order valence-electron chi connectivity index (χ2n) is 6.89. The van der Waals surface area contributed by atoms with Gasteiger partial charge in [0.05, 0.1) is 19.9 Å². The van der Waals surface area contributed by atoms with E-state index in [-0.39, 0.29) is 17.9 Å². The van der Waals surface area contributed by atoms with Gasteiger partial charge in [-0.2, -0.15) is 5.10 Å². The summed E-state index contributed by atoms with van der Waals surface area (Å²) in [7, 11) is 3.02. The van der Waals surface area contributed by atoms with Crippen LogP contribution < -0.4 is 15.6 Å². The fourth-order valence-electron chi connectivity index (χ4n) is 3.18. The molecule has 156 valence electrons. The summed E-state index contributed by atoms with van der Waals surface area (Å²) in [6.07, 6.45) is 6.70. The summed E-state index contributed by atoms with van der Waals surface area (Å²) < 4.78 is 6.62. The van der Waals surface area contributed by atoms with Gasteiger partial charge in [0.15, 0.2) is 5.78 Å². The maximum Gasteiger partial charge on any atom is 0.263 e. The van der Waals surface area contributed by atoms with Gasteiger partial charge in [-0.25, -0.2) is 0 Å². The normalized spacial score (nSPS) is 10.6. The zero-order valence-corrected chi connectivity index (χ0v) is 17.0. The van der Waals surface area contributed by atoms with Gasteiger partial charge in [-0.1, -0.05) is 12.1 Å². The van der Waals surface area contributed by atoms with E-state index in [0.717, 1.165) is 11.1 Å². The van der Waals surface area contributed by atoms with E-state index in [9.17, 15) is 14.4 Å². The van der Waals surface area contributed by atoms with E-state index in [4.69, 9.17) is 4.74 Å². The van der Waals surface area contributed by atoms with E-state index in [1.165, 1.54) is 23.9 Å². The molecule has 0 unspecified atom stereocenters. The fraction of sp³-hybridized carbons (Fsp3) is 0.273. The second kappa shape index (κ2) is 9.69. The number of ether oxygens (including phenoxy) is 1. The van der Waals surface area contributed by atoms with Gasteiger partial charge in [-0.15, -0.1) is 0 Å². The fourth-order valence-corrected chi connectivity index (χ4v) is 3.18. The number of rotatable bonds is 9. The molecular formula is C22H24N4O4. The first-order valence-corrected chi connectivity index (χ1v) is 9.62. The number of nitrogens with zero attached hydrogens (tertiary/aromatic N) is 2. The van der Waals surface area contributed by atoms with Crippen molar-refractivity contribution in [1.29, 1.82) is 0 Å². The number of carbonyl (C=O) groups is 2. The Bertz CT molecular complexity index is 1090. The van der Waals surface area contributed by atoms with E-state index >= 15 is 0 Å². The van der Waals surface area contributed by atoms with Crippen LogP contribution in [-0.4, -0.2) is 40.6 Å². The topological polar surface area (TPSA) is 106 Å². The molecule has 0 aliphatic carbocycles. The molecule has 30 heavy (non-hydrogen) atoms. The highest BCUT2D eigenvalue weighted by Crippen LogP contribution is 2.15. The molecule has 0 saturated heterocycles. The number of methoxy groups -OCH3 is 1. The number of hydrogen-bond acceptors (Lipinski definition) is 5. The van der Waals surface area contributed by atoms with Crippen molar-refractivity contribution >= 4 is 11.7 Å². The zero-order valence-electron chi connectivity index (χ0n) is 17.0. The molecule has 8 heteroatoms. The molecule has 0 radical (unpaired) electrons. The lowest BCUT2D eigenvalue weighted by molar-refractivity contribution is 0.0961. The summed E-state index contributed by atoms with van der Waals surface area (Å²) >= 11 is 0. The van der Waals surface area contributed by atoms with Gasteiger partial charge in [-0.05, 0) is 42.2 Å². The van der Waals surface area contributed by atoms with Crippen molar-refractivity contribution in [2.24, 2.45) is 0 Å². The van der Waals surface area contributed by atoms with Crippen LogP contribution in [0.3, 0.4) is 0 Å². The van der Waals surface area contributed by atoms with Crippen LogP contribution in [0.2, 0.25) is 0 Å². The van der Waals surface area contributed by atoms with Crippen LogP contribution in [0.1, 0.15) is 44.7 Å². The average molecular weight is 408 g/mol. The minimum Gasteiger partial charge on any atom is -0.497 e. The number of benzene rings is 1. The first-order chi connectivity index (χ1) is 14.5. The summed E-state index contributed by atoms with van der Waals surface area (Å²) in [5.74, 6) is 0.0223. The van der Waals surface area contributed by atoms with Crippen molar-refractivity contribution in [3.63, 3.8) is 0 Å². The first-order valence-electron chi connectivity index (χ1n) is 9.62. The molecule has 0 atom stereocenters. The zero-order chi connectivity index (χ0) is 21.5. The quantitative estimate of drug-likeness (QED) is 0.528. The van der Waals surface area contributed by atoms with Crippen LogP contribution >= 0.6 is 0 Å². The molecule has 1 aromatic carbocycles. The molecule has 0 bridgehead atoms. The highest BCUT2D eigenvalue weighted by Gasteiger charge is 2.17. The Balaban J connectivity index is 1.86. The van der Waals surface area contributed by atoms with E-state index in [1.807, 2.05) is 24.3 Å². The van der Waals surface area contributed by atoms with Gasteiger partial charge in [0.2, 0.25) is 0 Å². The van der Waals surface area contributed by atoms with Crippen molar-refractivity contribution in [1.82, 2.24) is 20.1 Å². The molecule has 2 aromatic heterocycles. The maximum absolute atomic E-state index is 12.8. The number of H-pyrrole nitrogens is 1.